The zero-order valence-electron chi connectivity index (χ0n) is 13.1. The van der Waals surface area contributed by atoms with Gasteiger partial charge in [0.05, 0.1) is 11.9 Å². The molecular weight excluding hydrogens is 312 g/mol. The van der Waals surface area contributed by atoms with Crippen LogP contribution in [0.5, 0.6) is 0 Å². The van der Waals surface area contributed by atoms with Crippen molar-refractivity contribution in [3.63, 3.8) is 0 Å². The summed E-state index contributed by atoms with van der Waals surface area (Å²) in [5, 5.41) is 7.18. The molecule has 0 aromatic carbocycles. The van der Waals surface area contributed by atoms with Gasteiger partial charge < -0.3 is 10.2 Å². The maximum Gasteiger partial charge on any atom is 0.265 e. The van der Waals surface area contributed by atoms with Crippen LogP contribution in [0.15, 0.2) is 18.6 Å². The van der Waals surface area contributed by atoms with Crippen molar-refractivity contribution in [2.75, 3.05) is 18.0 Å². The molecule has 3 heterocycles. The molecule has 3 rings (SSSR count). The topological polar surface area (TPSA) is 83.9 Å². The Kier molecular flexibility index (Phi) is 5.12. The minimum absolute atomic E-state index is 0.0404. The molecule has 0 spiro atoms. The Hall–Kier alpha value is -2.09. The highest BCUT2D eigenvalue weighted by atomic mass is 32.1. The third-order valence-corrected chi connectivity index (χ3v) is 4.72. The molecule has 0 unspecified atom stereocenters. The van der Waals surface area contributed by atoms with Gasteiger partial charge in [-0.1, -0.05) is 17.8 Å². The number of hydrogen-bond donors (Lipinski definition) is 1. The smallest absolute Gasteiger partial charge is 0.265 e. The van der Waals surface area contributed by atoms with E-state index in [9.17, 15) is 4.79 Å². The normalized spacial score (nSPS) is 15.6. The summed E-state index contributed by atoms with van der Waals surface area (Å²) in [4.78, 5) is 23.7. The average Bonchev–Trinajstić information content (AvgIpc) is 3.05. The number of anilines is 1. The van der Waals surface area contributed by atoms with Gasteiger partial charge in [-0.05, 0) is 30.8 Å². The Morgan fingerprint density at radius 1 is 1.39 bits per heavy atom. The second-order valence-electron chi connectivity index (χ2n) is 5.60. The number of hydrogen-bond acceptors (Lipinski definition) is 7. The van der Waals surface area contributed by atoms with E-state index in [0.29, 0.717) is 4.88 Å². The summed E-state index contributed by atoms with van der Waals surface area (Å²) in [6.07, 6.45) is 8.71. The van der Waals surface area contributed by atoms with Crippen molar-refractivity contribution in [3.05, 3.63) is 29.2 Å². The second-order valence-corrected chi connectivity index (χ2v) is 6.35. The number of rotatable bonds is 5. The predicted molar refractivity (Wildman–Crippen MR) is 88.6 cm³/mol. The van der Waals surface area contributed by atoms with Crippen molar-refractivity contribution in [1.82, 2.24) is 24.9 Å². The van der Waals surface area contributed by atoms with E-state index in [-0.39, 0.29) is 11.9 Å². The Balaban J connectivity index is 1.54. The number of piperidine rings is 1. The first-order valence-corrected chi connectivity index (χ1v) is 8.68. The zero-order chi connectivity index (χ0) is 16.1. The van der Waals surface area contributed by atoms with Gasteiger partial charge in [0.1, 0.15) is 10.7 Å². The van der Waals surface area contributed by atoms with E-state index in [2.05, 4.69) is 36.7 Å². The molecule has 8 heteroatoms. The quantitative estimate of drug-likeness (QED) is 0.897. The van der Waals surface area contributed by atoms with Gasteiger partial charge in [-0.3, -0.25) is 9.78 Å². The van der Waals surface area contributed by atoms with Crippen molar-refractivity contribution >= 4 is 23.3 Å². The monoisotopic (exact) mass is 332 g/mol. The van der Waals surface area contributed by atoms with Gasteiger partial charge >= 0.3 is 0 Å². The van der Waals surface area contributed by atoms with Crippen LogP contribution in [-0.2, 0) is 6.42 Å². The molecule has 23 heavy (non-hydrogen) atoms. The van der Waals surface area contributed by atoms with Crippen LogP contribution in [0.25, 0.3) is 0 Å². The number of carbonyl (C=O) groups excluding carboxylic acids is 1. The van der Waals surface area contributed by atoms with Crippen LogP contribution in [0.4, 0.5) is 5.82 Å². The van der Waals surface area contributed by atoms with E-state index >= 15 is 0 Å². The van der Waals surface area contributed by atoms with Gasteiger partial charge in [0, 0.05) is 31.5 Å². The number of nitrogens with zero attached hydrogens (tertiary/aromatic N) is 5. The van der Waals surface area contributed by atoms with Crippen LogP contribution in [0.1, 0.15) is 41.6 Å². The fourth-order valence-electron chi connectivity index (χ4n) is 2.74. The number of aryl methyl sites for hydroxylation is 1. The first-order chi connectivity index (χ1) is 11.3. The SMILES string of the molecule is CCCc1nnsc1C(=O)NC1CCN(c2cnccn2)CC1. The molecule has 0 aliphatic carbocycles. The molecule has 1 N–H and O–H groups in total. The minimum atomic E-state index is -0.0404. The van der Waals surface area contributed by atoms with Crippen LogP contribution in [0, 0.1) is 0 Å². The van der Waals surface area contributed by atoms with Crippen molar-refractivity contribution < 1.29 is 4.79 Å². The standard InChI is InChI=1S/C15H20N6OS/c1-2-3-12-14(23-20-19-12)15(22)18-11-4-8-21(9-5-11)13-10-16-6-7-17-13/h6-7,10-11H,2-5,8-9H2,1H3,(H,18,22). The van der Waals surface area contributed by atoms with E-state index in [1.54, 1.807) is 18.6 Å². The molecular formula is C15H20N6OS. The molecule has 2 aromatic rings. The first kappa shape index (κ1) is 15.8. The molecule has 1 amide bonds. The highest BCUT2D eigenvalue weighted by molar-refractivity contribution is 7.08. The number of amides is 1. The molecule has 0 radical (unpaired) electrons. The largest absolute Gasteiger partial charge is 0.355 e. The highest BCUT2D eigenvalue weighted by Gasteiger charge is 2.24. The minimum Gasteiger partial charge on any atom is -0.355 e. The summed E-state index contributed by atoms with van der Waals surface area (Å²) in [7, 11) is 0. The zero-order valence-corrected chi connectivity index (χ0v) is 13.9. The summed E-state index contributed by atoms with van der Waals surface area (Å²) < 4.78 is 3.91. The van der Waals surface area contributed by atoms with Crippen molar-refractivity contribution in [2.24, 2.45) is 0 Å². The van der Waals surface area contributed by atoms with E-state index in [1.807, 2.05) is 0 Å². The van der Waals surface area contributed by atoms with Gasteiger partial charge in [-0.15, -0.1) is 5.10 Å². The molecule has 122 valence electrons. The van der Waals surface area contributed by atoms with E-state index in [0.717, 1.165) is 50.3 Å². The van der Waals surface area contributed by atoms with Gasteiger partial charge in [0.2, 0.25) is 0 Å². The Morgan fingerprint density at radius 3 is 2.91 bits per heavy atom. The summed E-state index contributed by atoms with van der Waals surface area (Å²) in [6, 6.07) is 0.187. The van der Waals surface area contributed by atoms with Crippen molar-refractivity contribution in [1.29, 1.82) is 0 Å². The molecule has 1 aliphatic rings. The highest BCUT2D eigenvalue weighted by Crippen LogP contribution is 2.18. The van der Waals surface area contributed by atoms with E-state index in [4.69, 9.17) is 0 Å². The molecule has 2 aromatic heterocycles. The lowest BCUT2D eigenvalue weighted by molar-refractivity contribution is 0.0934. The molecule has 7 nitrogen and oxygen atoms in total. The van der Waals surface area contributed by atoms with Crippen molar-refractivity contribution in [2.45, 2.75) is 38.6 Å². The maximum absolute atomic E-state index is 12.4. The molecule has 0 saturated carbocycles. The molecule has 1 saturated heterocycles. The average molecular weight is 332 g/mol. The van der Waals surface area contributed by atoms with Crippen LogP contribution in [0.3, 0.4) is 0 Å². The van der Waals surface area contributed by atoms with E-state index in [1.165, 1.54) is 11.5 Å². The lowest BCUT2D eigenvalue weighted by Gasteiger charge is -2.32. The predicted octanol–water partition coefficient (Wildman–Crippen LogP) is 1.68. The van der Waals surface area contributed by atoms with Crippen LogP contribution in [0.2, 0.25) is 0 Å². The van der Waals surface area contributed by atoms with E-state index < -0.39 is 0 Å². The summed E-state index contributed by atoms with van der Waals surface area (Å²) in [6.45, 7) is 3.81. The van der Waals surface area contributed by atoms with Gasteiger partial charge in [-0.2, -0.15) is 0 Å². The number of carbonyl (C=O) groups is 1. The van der Waals surface area contributed by atoms with Gasteiger partial charge in [0.15, 0.2) is 0 Å². The summed E-state index contributed by atoms with van der Waals surface area (Å²) >= 11 is 1.18. The summed E-state index contributed by atoms with van der Waals surface area (Å²) in [5.74, 6) is 0.857. The Morgan fingerprint density at radius 2 is 2.22 bits per heavy atom. The molecule has 0 atom stereocenters. The fraction of sp³-hybridized carbons (Fsp3) is 0.533. The number of nitrogens with one attached hydrogen (secondary N) is 1. The van der Waals surface area contributed by atoms with Crippen molar-refractivity contribution in [3.8, 4) is 0 Å². The third kappa shape index (κ3) is 3.82. The Bertz CT molecular complexity index is 638. The lowest BCUT2D eigenvalue weighted by Crippen LogP contribution is -2.45. The second kappa shape index (κ2) is 7.45. The molecule has 0 bridgehead atoms. The number of aromatic nitrogens is 4. The first-order valence-electron chi connectivity index (χ1n) is 7.91. The van der Waals surface area contributed by atoms with Crippen LogP contribution < -0.4 is 10.2 Å². The lowest BCUT2D eigenvalue weighted by atomic mass is 10.0. The van der Waals surface area contributed by atoms with Gasteiger partial charge in [0.25, 0.3) is 5.91 Å². The van der Waals surface area contributed by atoms with Crippen LogP contribution in [-0.4, -0.2) is 44.6 Å². The molecule has 1 aliphatic heterocycles. The third-order valence-electron chi connectivity index (χ3n) is 3.95. The Labute approximate surface area is 139 Å². The maximum atomic E-state index is 12.4. The fourth-order valence-corrected chi connectivity index (χ4v) is 3.35. The molecule has 1 fully saturated rings. The van der Waals surface area contributed by atoms with Gasteiger partial charge in [-0.25, -0.2) is 4.98 Å². The van der Waals surface area contributed by atoms with Crippen LogP contribution >= 0.6 is 11.5 Å². The summed E-state index contributed by atoms with van der Waals surface area (Å²) in [5.41, 5.74) is 0.812.